The lowest BCUT2D eigenvalue weighted by atomic mass is 10.1. The van der Waals surface area contributed by atoms with Crippen LogP contribution in [0.4, 0.5) is 5.69 Å². The van der Waals surface area contributed by atoms with Gasteiger partial charge in [-0.05, 0) is 19.1 Å². The molecular formula is C14H19N3O4. The Bertz CT molecular complexity index is 521. The number of para-hydroxylation sites is 2. The van der Waals surface area contributed by atoms with Crippen molar-refractivity contribution in [1.82, 2.24) is 10.6 Å². The largest absolute Gasteiger partial charge is 0.495 e. The highest BCUT2D eigenvalue weighted by molar-refractivity contribution is 5.98. The Balaban J connectivity index is 1.96. The topological polar surface area (TPSA) is 88.7 Å². The van der Waals surface area contributed by atoms with E-state index in [4.69, 9.17) is 9.47 Å². The fourth-order valence-corrected chi connectivity index (χ4v) is 2.06. The van der Waals surface area contributed by atoms with E-state index in [-0.39, 0.29) is 19.1 Å². The molecule has 0 aromatic heterocycles. The predicted octanol–water partition coefficient (Wildman–Crippen LogP) is 0.289. The number of rotatable bonds is 5. The molecule has 0 bridgehead atoms. The summed E-state index contributed by atoms with van der Waals surface area (Å²) in [5, 5.41) is 8.83. The number of nitrogens with one attached hydrogen (secondary N) is 3. The van der Waals surface area contributed by atoms with Crippen LogP contribution in [0.15, 0.2) is 24.3 Å². The van der Waals surface area contributed by atoms with Gasteiger partial charge in [0.25, 0.3) is 0 Å². The van der Waals surface area contributed by atoms with Crippen LogP contribution in [0.25, 0.3) is 0 Å². The standard InChI is InChI=1S/C14H19N3O4/c1-3-21-13(19)9-8-15-14(17-12(9)18)16-10-6-4-5-7-11(10)20-2/h4-7,9,14-16H,3,8H2,1-2H3,(H,17,18). The van der Waals surface area contributed by atoms with E-state index < -0.39 is 18.2 Å². The number of ether oxygens (including phenoxy) is 2. The molecule has 1 aliphatic heterocycles. The van der Waals surface area contributed by atoms with Gasteiger partial charge >= 0.3 is 5.97 Å². The smallest absolute Gasteiger partial charge is 0.319 e. The van der Waals surface area contributed by atoms with Crippen LogP contribution in [-0.4, -0.2) is 38.4 Å². The monoisotopic (exact) mass is 293 g/mol. The molecule has 7 heteroatoms. The van der Waals surface area contributed by atoms with Crippen LogP contribution in [0.3, 0.4) is 0 Å². The summed E-state index contributed by atoms with van der Waals surface area (Å²) < 4.78 is 10.1. The van der Waals surface area contributed by atoms with Gasteiger partial charge in [0.2, 0.25) is 5.91 Å². The van der Waals surface area contributed by atoms with Gasteiger partial charge in [0.05, 0.1) is 19.4 Å². The highest BCUT2D eigenvalue weighted by atomic mass is 16.5. The molecule has 0 aliphatic carbocycles. The fourth-order valence-electron chi connectivity index (χ4n) is 2.06. The molecular weight excluding hydrogens is 274 g/mol. The van der Waals surface area contributed by atoms with Crippen LogP contribution in [0.5, 0.6) is 5.75 Å². The molecule has 1 aromatic rings. The minimum atomic E-state index is -0.819. The molecule has 0 radical (unpaired) electrons. The first-order valence-electron chi connectivity index (χ1n) is 6.75. The molecule has 1 saturated heterocycles. The molecule has 2 rings (SSSR count). The molecule has 1 heterocycles. The summed E-state index contributed by atoms with van der Waals surface area (Å²) in [6.07, 6.45) is -0.473. The second-order valence-corrected chi connectivity index (χ2v) is 4.50. The maximum Gasteiger partial charge on any atom is 0.319 e. The first-order valence-corrected chi connectivity index (χ1v) is 6.75. The highest BCUT2D eigenvalue weighted by Gasteiger charge is 2.34. The Morgan fingerprint density at radius 3 is 2.86 bits per heavy atom. The molecule has 0 spiro atoms. The van der Waals surface area contributed by atoms with Crippen LogP contribution in [0.1, 0.15) is 6.92 Å². The van der Waals surface area contributed by atoms with E-state index in [2.05, 4.69) is 16.0 Å². The first-order chi connectivity index (χ1) is 10.2. The van der Waals surface area contributed by atoms with Crippen molar-refractivity contribution in [3.05, 3.63) is 24.3 Å². The van der Waals surface area contributed by atoms with Crippen molar-refractivity contribution >= 4 is 17.6 Å². The summed E-state index contributed by atoms with van der Waals surface area (Å²) in [4.78, 5) is 23.6. The zero-order chi connectivity index (χ0) is 15.2. The Morgan fingerprint density at radius 2 is 2.19 bits per heavy atom. The van der Waals surface area contributed by atoms with Crippen LogP contribution in [0, 0.1) is 5.92 Å². The zero-order valence-electron chi connectivity index (χ0n) is 12.0. The van der Waals surface area contributed by atoms with Crippen molar-refractivity contribution in [2.45, 2.75) is 13.2 Å². The maximum absolute atomic E-state index is 11.9. The van der Waals surface area contributed by atoms with Gasteiger partial charge < -0.3 is 20.1 Å². The minimum absolute atomic E-state index is 0.220. The van der Waals surface area contributed by atoms with Crippen molar-refractivity contribution in [2.75, 3.05) is 25.6 Å². The lowest BCUT2D eigenvalue weighted by molar-refractivity contribution is -0.153. The van der Waals surface area contributed by atoms with Gasteiger partial charge in [-0.25, -0.2) is 0 Å². The summed E-state index contributed by atoms with van der Waals surface area (Å²) in [7, 11) is 1.57. The first kappa shape index (κ1) is 15.1. The molecule has 0 saturated carbocycles. The third kappa shape index (κ3) is 3.63. The van der Waals surface area contributed by atoms with E-state index in [1.807, 2.05) is 24.3 Å². The summed E-state index contributed by atoms with van der Waals surface area (Å²) in [6, 6.07) is 7.36. The van der Waals surface area contributed by atoms with E-state index >= 15 is 0 Å². The van der Waals surface area contributed by atoms with Crippen molar-refractivity contribution in [3.8, 4) is 5.75 Å². The number of esters is 1. The van der Waals surface area contributed by atoms with Crippen LogP contribution in [0.2, 0.25) is 0 Å². The Morgan fingerprint density at radius 1 is 1.43 bits per heavy atom. The average Bonchev–Trinajstić information content (AvgIpc) is 2.48. The number of anilines is 1. The minimum Gasteiger partial charge on any atom is -0.495 e. The number of carbonyl (C=O) groups is 2. The quantitative estimate of drug-likeness (QED) is 0.534. The molecule has 2 unspecified atom stereocenters. The third-order valence-electron chi connectivity index (χ3n) is 3.11. The Labute approximate surface area is 123 Å². The molecule has 3 N–H and O–H groups in total. The number of carbonyl (C=O) groups excluding carboxylic acids is 2. The summed E-state index contributed by atoms with van der Waals surface area (Å²) >= 11 is 0. The molecule has 7 nitrogen and oxygen atoms in total. The third-order valence-corrected chi connectivity index (χ3v) is 3.11. The van der Waals surface area contributed by atoms with Gasteiger partial charge in [-0.1, -0.05) is 12.1 Å². The van der Waals surface area contributed by atoms with Gasteiger partial charge in [-0.15, -0.1) is 0 Å². The zero-order valence-corrected chi connectivity index (χ0v) is 12.0. The van der Waals surface area contributed by atoms with E-state index in [0.29, 0.717) is 5.75 Å². The van der Waals surface area contributed by atoms with E-state index in [0.717, 1.165) is 5.69 Å². The van der Waals surface area contributed by atoms with E-state index in [1.165, 1.54) is 0 Å². The van der Waals surface area contributed by atoms with Gasteiger partial charge in [-0.3, -0.25) is 14.9 Å². The van der Waals surface area contributed by atoms with Gasteiger partial charge in [0.15, 0.2) is 6.29 Å². The molecule has 1 fully saturated rings. The number of hydrogen-bond acceptors (Lipinski definition) is 6. The molecule has 2 atom stereocenters. The number of benzene rings is 1. The van der Waals surface area contributed by atoms with Crippen LogP contribution < -0.4 is 20.7 Å². The van der Waals surface area contributed by atoms with E-state index in [9.17, 15) is 9.59 Å². The normalized spacial score (nSPS) is 21.3. The number of methoxy groups -OCH3 is 1. The Hall–Kier alpha value is -2.28. The second-order valence-electron chi connectivity index (χ2n) is 4.50. The van der Waals surface area contributed by atoms with E-state index in [1.54, 1.807) is 14.0 Å². The van der Waals surface area contributed by atoms with Crippen molar-refractivity contribution in [3.63, 3.8) is 0 Å². The highest BCUT2D eigenvalue weighted by Crippen LogP contribution is 2.23. The maximum atomic E-state index is 11.9. The lowest BCUT2D eigenvalue weighted by Gasteiger charge is -2.30. The predicted molar refractivity (Wildman–Crippen MR) is 76.7 cm³/mol. The van der Waals surface area contributed by atoms with Gasteiger partial charge in [0, 0.05) is 6.54 Å². The van der Waals surface area contributed by atoms with Crippen LogP contribution in [-0.2, 0) is 14.3 Å². The number of amides is 1. The van der Waals surface area contributed by atoms with Crippen molar-refractivity contribution < 1.29 is 19.1 Å². The van der Waals surface area contributed by atoms with Gasteiger partial charge in [0.1, 0.15) is 11.7 Å². The van der Waals surface area contributed by atoms with Crippen molar-refractivity contribution in [2.24, 2.45) is 5.92 Å². The van der Waals surface area contributed by atoms with Gasteiger partial charge in [-0.2, -0.15) is 0 Å². The lowest BCUT2D eigenvalue weighted by Crippen LogP contribution is -2.61. The Kier molecular flexibility index (Phi) is 4.99. The van der Waals surface area contributed by atoms with Crippen LogP contribution >= 0.6 is 0 Å². The molecule has 21 heavy (non-hydrogen) atoms. The molecule has 1 amide bonds. The fraction of sp³-hybridized carbons (Fsp3) is 0.429. The summed E-state index contributed by atoms with van der Waals surface area (Å²) in [5.41, 5.74) is 0.743. The SMILES string of the molecule is CCOC(=O)C1CNC(Nc2ccccc2OC)NC1=O. The average molecular weight is 293 g/mol. The molecule has 1 aliphatic rings. The summed E-state index contributed by atoms with van der Waals surface area (Å²) in [5.74, 6) is -1.03. The molecule has 114 valence electrons. The number of hydrogen-bond donors (Lipinski definition) is 3. The van der Waals surface area contributed by atoms with Crippen molar-refractivity contribution in [1.29, 1.82) is 0 Å². The second kappa shape index (κ2) is 6.94. The molecule has 1 aromatic carbocycles. The summed E-state index contributed by atoms with van der Waals surface area (Å²) in [6.45, 7) is 2.18.